The van der Waals surface area contributed by atoms with Crippen molar-refractivity contribution in [2.75, 3.05) is 9.80 Å². The minimum absolute atomic E-state index is 0.0973. The normalized spacial score (nSPS) is 14.4. The highest BCUT2D eigenvalue weighted by atomic mass is 15.2. The van der Waals surface area contributed by atoms with Crippen molar-refractivity contribution in [2.24, 2.45) is 0 Å². The molecule has 0 fully saturated rings. The Balaban J connectivity index is 1.04. The zero-order chi connectivity index (χ0) is 84.9. The number of hydrogen-bond acceptors (Lipinski definition) is 2. The zero-order valence-electron chi connectivity index (χ0n) is 76.2. The van der Waals surface area contributed by atoms with Crippen molar-refractivity contribution < 1.29 is 0 Å². The van der Waals surface area contributed by atoms with Gasteiger partial charge in [0.1, 0.15) is 0 Å². The van der Waals surface area contributed by atoms with Gasteiger partial charge < -0.3 is 14.4 Å². The van der Waals surface area contributed by atoms with Crippen LogP contribution in [0.1, 0.15) is 259 Å². The van der Waals surface area contributed by atoms with Crippen LogP contribution < -0.4 is 26.2 Å². The Morgan fingerprint density at radius 2 is 0.630 bits per heavy atom. The van der Waals surface area contributed by atoms with Gasteiger partial charge in [0.05, 0.1) is 27.8 Å². The summed E-state index contributed by atoms with van der Waals surface area (Å²) < 4.78 is 2.62. The van der Waals surface area contributed by atoms with Crippen LogP contribution in [-0.4, -0.2) is 11.3 Å². The summed E-state index contributed by atoms with van der Waals surface area (Å²) in [6.45, 7) is 64.2. The van der Waals surface area contributed by atoms with Gasteiger partial charge in [-0.05, 0) is 238 Å². The van der Waals surface area contributed by atoms with Crippen molar-refractivity contribution in [3.05, 3.63) is 333 Å². The Bertz CT molecular complexity index is 6270. The molecular formula is C115H124BN3. The van der Waals surface area contributed by atoms with E-state index in [0.717, 1.165) is 28.3 Å². The predicted octanol–water partition coefficient (Wildman–Crippen LogP) is 29.9. The van der Waals surface area contributed by atoms with E-state index in [1.165, 1.54) is 167 Å². The van der Waals surface area contributed by atoms with Crippen molar-refractivity contribution in [1.82, 2.24) is 4.57 Å². The lowest BCUT2D eigenvalue weighted by molar-refractivity contribution is 0.568. The molecule has 2 aliphatic heterocycles. The van der Waals surface area contributed by atoms with Gasteiger partial charge in [0.25, 0.3) is 6.71 Å². The van der Waals surface area contributed by atoms with Crippen LogP contribution in [0.4, 0.5) is 34.1 Å². The predicted molar refractivity (Wildman–Crippen MR) is 517 cm³/mol. The first-order valence-corrected chi connectivity index (χ1v) is 43.8. The van der Waals surface area contributed by atoms with Gasteiger partial charge in [0.2, 0.25) is 0 Å². The number of anilines is 6. The molecule has 602 valence electrons. The van der Waals surface area contributed by atoms with Crippen molar-refractivity contribution in [3.8, 4) is 50.2 Å². The number of para-hydroxylation sites is 1. The Morgan fingerprint density at radius 1 is 0.244 bits per heavy atom. The van der Waals surface area contributed by atoms with Crippen LogP contribution in [0.5, 0.6) is 0 Å². The van der Waals surface area contributed by atoms with E-state index in [4.69, 9.17) is 0 Å². The van der Waals surface area contributed by atoms with Gasteiger partial charge >= 0.3 is 0 Å². The molecule has 0 N–H and O–H groups in total. The second-order valence-electron chi connectivity index (χ2n) is 44.4. The third-order valence-electron chi connectivity index (χ3n) is 26.6. The summed E-state index contributed by atoms with van der Waals surface area (Å²) in [7, 11) is 0. The lowest BCUT2D eigenvalue weighted by Gasteiger charge is -2.46. The van der Waals surface area contributed by atoms with E-state index in [9.17, 15) is 0 Å². The number of rotatable bonds is 8. The molecule has 0 radical (unpaired) electrons. The van der Waals surface area contributed by atoms with Crippen LogP contribution >= 0.6 is 0 Å². The van der Waals surface area contributed by atoms with Crippen LogP contribution in [0.3, 0.4) is 0 Å². The second kappa shape index (κ2) is 27.7. The molecule has 0 saturated carbocycles. The number of fused-ring (bicyclic) bond motifs is 11. The minimum atomic E-state index is -0.637. The van der Waals surface area contributed by atoms with Gasteiger partial charge in [0.15, 0.2) is 0 Å². The molecule has 1 aromatic heterocycles. The van der Waals surface area contributed by atoms with E-state index in [2.05, 4.69) is 462 Å². The van der Waals surface area contributed by atoms with Gasteiger partial charge in [-0.3, -0.25) is 0 Å². The van der Waals surface area contributed by atoms with Crippen LogP contribution in [0.25, 0.3) is 72.0 Å². The van der Waals surface area contributed by atoms with Crippen LogP contribution in [-0.2, 0) is 54.1 Å². The van der Waals surface area contributed by atoms with Crippen LogP contribution in [0.15, 0.2) is 261 Å². The summed E-state index contributed by atoms with van der Waals surface area (Å²) in [5.41, 5.74) is 39.1. The van der Waals surface area contributed by atoms with E-state index in [-0.39, 0.29) is 55.4 Å². The van der Waals surface area contributed by atoms with E-state index in [0.29, 0.717) is 0 Å². The monoisotopic (exact) mass is 1560 g/mol. The summed E-state index contributed by atoms with van der Waals surface area (Å²) in [6.07, 6.45) is 0. The quantitative estimate of drug-likeness (QED) is 0.141. The number of hydrogen-bond donors (Lipinski definition) is 0. The smallest absolute Gasteiger partial charge is 0.252 e. The molecule has 17 rings (SSSR count). The molecule has 0 atom stereocenters. The first-order valence-electron chi connectivity index (χ1n) is 43.8. The molecule has 0 bridgehead atoms. The summed E-state index contributed by atoms with van der Waals surface area (Å²) in [4.78, 5) is 5.52. The number of nitrogens with zero attached hydrogens (tertiary/aromatic N) is 3. The first kappa shape index (κ1) is 80.7. The van der Waals surface area contributed by atoms with Gasteiger partial charge in [-0.25, -0.2) is 0 Å². The first-order chi connectivity index (χ1) is 55.7. The van der Waals surface area contributed by atoms with Crippen molar-refractivity contribution >= 4 is 79.0 Å². The summed E-state index contributed by atoms with van der Waals surface area (Å²) in [5, 5.41) is 2.50. The number of aromatic nitrogens is 1. The largest absolute Gasteiger partial charge is 0.311 e. The molecule has 119 heavy (non-hydrogen) atoms. The lowest BCUT2D eigenvalue weighted by Crippen LogP contribution is -2.61. The Morgan fingerprint density at radius 3 is 1.08 bits per heavy atom. The Labute approximate surface area is 713 Å². The number of benzene rings is 13. The molecule has 3 aliphatic rings. The highest BCUT2D eigenvalue weighted by Crippen LogP contribution is 2.61. The average molecular weight is 1560 g/mol. The van der Waals surface area contributed by atoms with Crippen LogP contribution in [0.2, 0.25) is 0 Å². The Kier molecular flexibility index (Phi) is 18.8. The molecule has 0 unspecified atom stereocenters. The maximum Gasteiger partial charge on any atom is 0.252 e. The van der Waals surface area contributed by atoms with E-state index in [1.54, 1.807) is 0 Å². The van der Waals surface area contributed by atoms with E-state index >= 15 is 0 Å². The van der Waals surface area contributed by atoms with Crippen molar-refractivity contribution in [2.45, 2.75) is 241 Å². The highest BCUT2D eigenvalue weighted by Gasteiger charge is 2.50. The maximum atomic E-state index is 2.76. The molecule has 4 heteroatoms. The fourth-order valence-electron chi connectivity index (χ4n) is 19.3. The lowest BCUT2D eigenvalue weighted by atomic mass is 9.33. The molecule has 0 spiro atoms. The standard InChI is InChI=1S/C115H124BN3/c1-106(2,3)77-47-53-96(90(66-77)73-58-81(110(13,14)15)64-82(59-73)111(16,17)18)118-99-62-71(72-56-79(108(7,8)9)63-80(57-72)109(10,11)12)46-51-93(99)116-94-52-49-86(117-95-45-37-35-43-89(95)103-98(117)55-50-88-87-42-34-36-44-92(87)115(104(88)103,75-38-30-28-31-39-75)76-40-32-29-33-41-76)70-100(94)119(102-69-85(114(25,26)27)68-101(118)105(102)116)97-54-48-78(107(4,5)6)67-91(97)74-60-83(112(19,20)21)65-84(61-74)113(22,23)24/h28-70H,1-27H3. The maximum absolute atomic E-state index is 2.76. The molecule has 14 aromatic rings. The highest BCUT2D eigenvalue weighted by molar-refractivity contribution is 7.00. The summed E-state index contributed by atoms with van der Waals surface area (Å²) in [5.74, 6) is 0. The second-order valence-corrected chi connectivity index (χ2v) is 44.4. The fourth-order valence-corrected chi connectivity index (χ4v) is 19.3. The van der Waals surface area contributed by atoms with Gasteiger partial charge in [-0.2, -0.15) is 0 Å². The average Bonchev–Trinajstić information content (AvgIpc) is 1.67. The van der Waals surface area contributed by atoms with Crippen LogP contribution in [0, 0.1) is 0 Å². The summed E-state index contributed by atoms with van der Waals surface area (Å²) in [6, 6.07) is 104. The van der Waals surface area contributed by atoms with E-state index in [1.807, 2.05) is 0 Å². The molecule has 3 heterocycles. The third kappa shape index (κ3) is 13.7. The minimum Gasteiger partial charge on any atom is -0.311 e. The summed E-state index contributed by atoms with van der Waals surface area (Å²) >= 11 is 0. The zero-order valence-corrected chi connectivity index (χ0v) is 76.2. The molecule has 3 nitrogen and oxygen atoms in total. The molecule has 0 saturated heterocycles. The van der Waals surface area contributed by atoms with Gasteiger partial charge in [0, 0.05) is 50.3 Å². The molecule has 0 amide bonds. The molecule has 13 aromatic carbocycles. The van der Waals surface area contributed by atoms with Crippen molar-refractivity contribution in [3.63, 3.8) is 0 Å². The molecule has 1 aliphatic carbocycles. The van der Waals surface area contributed by atoms with Gasteiger partial charge in [-0.15, -0.1) is 0 Å². The van der Waals surface area contributed by atoms with Gasteiger partial charge in [-0.1, -0.05) is 381 Å². The fraction of sp³-hybridized carbons (Fsp3) is 0.322. The SMILES string of the molecule is CC(C)(C)c1cc(-c2ccc3c(c2)N(c2ccc(C(C)(C)C)cc2-c2cc(C(C)(C)C)cc(C(C)(C)C)c2)c2cc(C(C)(C)C)cc4c2B3c2ccc(-n3c5ccccc5c5c6c(ccc53)-c3ccccc3C6(c3ccccc3)c3ccccc3)cc2N4c2ccc(C(C)(C)C)cc2-c2cc(C(C)(C)C)cc(C(C)(C)C)c2)cc(C(C)(C)C)c1. The molecular weight excluding hydrogens is 1430 g/mol. The van der Waals surface area contributed by atoms with Crippen molar-refractivity contribution in [1.29, 1.82) is 0 Å². The Hall–Kier alpha value is -10.7. The third-order valence-corrected chi connectivity index (χ3v) is 26.6. The van der Waals surface area contributed by atoms with E-state index < -0.39 is 5.41 Å². The topological polar surface area (TPSA) is 11.4 Å².